The molecule has 3 heteroatoms. The van der Waals surface area contributed by atoms with Gasteiger partial charge in [0.25, 0.3) is 0 Å². The van der Waals surface area contributed by atoms with Gasteiger partial charge in [0.15, 0.2) is 0 Å². The van der Waals surface area contributed by atoms with Crippen molar-refractivity contribution < 1.29 is 4.74 Å². The lowest BCUT2D eigenvalue weighted by Crippen LogP contribution is -2.25. The Labute approximate surface area is 151 Å². The van der Waals surface area contributed by atoms with Crippen LogP contribution >= 0.6 is 0 Å². The fourth-order valence-electron chi connectivity index (χ4n) is 3.36. The van der Waals surface area contributed by atoms with Crippen molar-refractivity contribution in [3.05, 3.63) is 71.8 Å². The fourth-order valence-corrected chi connectivity index (χ4v) is 3.36. The summed E-state index contributed by atoms with van der Waals surface area (Å²) in [4.78, 5) is 0. The highest BCUT2D eigenvalue weighted by Gasteiger charge is 2.20. The number of hydrogen-bond acceptors (Lipinski definition) is 3. The Kier molecular flexibility index (Phi) is 7.07. The summed E-state index contributed by atoms with van der Waals surface area (Å²) < 4.78 is 5.90. The van der Waals surface area contributed by atoms with E-state index in [0.29, 0.717) is 5.92 Å². The van der Waals surface area contributed by atoms with E-state index in [1.165, 1.54) is 31.2 Å². The lowest BCUT2D eigenvalue weighted by atomic mass is 9.82. The van der Waals surface area contributed by atoms with Crippen LogP contribution in [0.3, 0.4) is 0 Å². The minimum absolute atomic E-state index is 0.716. The Bertz CT molecular complexity index is 619. The molecule has 2 aromatic rings. The molecule has 0 radical (unpaired) electrons. The average molecular weight is 336 g/mol. The first kappa shape index (κ1) is 17.7. The first-order valence-electron chi connectivity index (χ1n) is 9.33. The Balaban J connectivity index is 1.27. The Morgan fingerprint density at radius 1 is 0.880 bits per heavy atom. The van der Waals surface area contributed by atoms with E-state index in [0.717, 1.165) is 31.2 Å². The molecule has 2 aromatic carbocycles. The van der Waals surface area contributed by atoms with Crippen LogP contribution in [0.15, 0.2) is 65.8 Å². The summed E-state index contributed by atoms with van der Waals surface area (Å²) >= 11 is 0. The molecule has 0 saturated heterocycles. The maximum Gasteiger partial charge on any atom is 0.0717 e. The summed E-state index contributed by atoms with van der Waals surface area (Å²) in [6.07, 6.45) is 6.97. The maximum atomic E-state index is 5.90. The number of hydrazone groups is 1. The zero-order valence-corrected chi connectivity index (χ0v) is 14.8. The van der Waals surface area contributed by atoms with Crippen LogP contribution in [0, 0.1) is 11.8 Å². The van der Waals surface area contributed by atoms with Crippen molar-refractivity contribution in [2.45, 2.75) is 32.3 Å². The molecular formula is C22H28N2O. The molecule has 132 valence electrons. The SMILES string of the molecule is C(=N\NC[C@H]1CC[C@H](COCc2ccccc2)CC1)/c1ccccc1. The van der Waals surface area contributed by atoms with Crippen LogP contribution in [-0.2, 0) is 11.3 Å². The molecule has 1 fully saturated rings. The molecule has 3 nitrogen and oxygen atoms in total. The van der Waals surface area contributed by atoms with Crippen LogP contribution < -0.4 is 5.43 Å². The van der Waals surface area contributed by atoms with E-state index in [1.807, 2.05) is 30.5 Å². The van der Waals surface area contributed by atoms with Crippen LogP contribution in [0.25, 0.3) is 0 Å². The summed E-state index contributed by atoms with van der Waals surface area (Å²) in [5.74, 6) is 1.45. The number of benzene rings is 2. The molecule has 0 heterocycles. The molecule has 0 unspecified atom stereocenters. The van der Waals surface area contributed by atoms with Crippen molar-refractivity contribution in [2.75, 3.05) is 13.2 Å². The Hall–Kier alpha value is -2.13. The second kappa shape index (κ2) is 10.00. The van der Waals surface area contributed by atoms with Gasteiger partial charge < -0.3 is 10.2 Å². The van der Waals surface area contributed by atoms with Gasteiger partial charge in [-0.25, -0.2) is 0 Å². The lowest BCUT2D eigenvalue weighted by Gasteiger charge is -2.28. The lowest BCUT2D eigenvalue weighted by molar-refractivity contribution is 0.0671. The number of hydrogen-bond donors (Lipinski definition) is 1. The van der Waals surface area contributed by atoms with Gasteiger partial charge >= 0.3 is 0 Å². The highest BCUT2D eigenvalue weighted by atomic mass is 16.5. The largest absolute Gasteiger partial charge is 0.376 e. The van der Waals surface area contributed by atoms with Crippen molar-refractivity contribution in [3.63, 3.8) is 0 Å². The standard InChI is InChI=1S/C22H28N2O/c1-3-7-19(8-4-1)15-23-24-16-20-11-13-22(14-12-20)18-25-17-21-9-5-2-6-10-21/h1-10,15,20,22,24H,11-14,16-18H2/b23-15+/t20-,22-. The van der Waals surface area contributed by atoms with Gasteiger partial charge in [0.1, 0.15) is 0 Å². The highest BCUT2D eigenvalue weighted by Crippen LogP contribution is 2.28. The van der Waals surface area contributed by atoms with Crippen LogP contribution in [0.4, 0.5) is 0 Å². The van der Waals surface area contributed by atoms with Gasteiger partial charge in [0.05, 0.1) is 12.8 Å². The Morgan fingerprint density at radius 3 is 2.24 bits per heavy atom. The second-order valence-corrected chi connectivity index (χ2v) is 6.92. The van der Waals surface area contributed by atoms with E-state index in [9.17, 15) is 0 Å². The molecule has 0 aliphatic heterocycles. The third-order valence-corrected chi connectivity index (χ3v) is 4.92. The summed E-state index contributed by atoms with van der Waals surface area (Å²) in [5.41, 5.74) is 5.62. The van der Waals surface area contributed by atoms with Gasteiger partial charge in [-0.3, -0.25) is 0 Å². The summed E-state index contributed by atoms with van der Waals surface area (Å²) in [6, 6.07) is 20.6. The molecule has 3 rings (SSSR count). The first-order valence-corrected chi connectivity index (χ1v) is 9.33. The van der Waals surface area contributed by atoms with Crippen LogP contribution in [0.5, 0.6) is 0 Å². The van der Waals surface area contributed by atoms with E-state index < -0.39 is 0 Å². The van der Waals surface area contributed by atoms with E-state index in [-0.39, 0.29) is 0 Å². The van der Waals surface area contributed by atoms with Crippen molar-refractivity contribution in [1.82, 2.24) is 5.43 Å². The first-order chi connectivity index (χ1) is 12.4. The minimum Gasteiger partial charge on any atom is -0.376 e. The quantitative estimate of drug-likeness (QED) is 0.563. The minimum atomic E-state index is 0.716. The van der Waals surface area contributed by atoms with Crippen LogP contribution in [-0.4, -0.2) is 19.4 Å². The summed E-state index contributed by atoms with van der Waals surface area (Å²) in [6.45, 7) is 2.60. The molecular weight excluding hydrogens is 308 g/mol. The highest BCUT2D eigenvalue weighted by molar-refractivity contribution is 5.79. The third kappa shape index (κ3) is 6.35. The zero-order chi connectivity index (χ0) is 17.2. The number of nitrogens with one attached hydrogen (secondary N) is 1. The maximum absolute atomic E-state index is 5.90. The molecule has 0 aromatic heterocycles. The second-order valence-electron chi connectivity index (χ2n) is 6.92. The normalized spacial score (nSPS) is 20.6. The van der Waals surface area contributed by atoms with Crippen molar-refractivity contribution in [3.8, 4) is 0 Å². The smallest absolute Gasteiger partial charge is 0.0717 e. The van der Waals surface area contributed by atoms with Crippen LogP contribution in [0.2, 0.25) is 0 Å². The number of ether oxygens (including phenoxy) is 1. The number of rotatable bonds is 8. The molecule has 1 saturated carbocycles. The predicted octanol–water partition coefficient (Wildman–Crippen LogP) is 4.63. The molecule has 0 spiro atoms. The summed E-state index contributed by atoms with van der Waals surface area (Å²) in [7, 11) is 0. The van der Waals surface area contributed by atoms with E-state index in [4.69, 9.17) is 4.74 Å². The van der Waals surface area contributed by atoms with E-state index in [2.05, 4.69) is 46.9 Å². The molecule has 0 bridgehead atoms. The zero-order valence-electron chi connectivity index (χ0n) is 14.8. The van der Waals surface area contributed by atoms with E-state index in [1.54, 1.807) is 0 Å². The van der Waals surface area contributed by atoms with Crippen molar-refractivity contribution in [1.29, 1.82) is 0 Å². The van der Waals surface area contributed by atoms with Crippen molar-refractivity contribution in [2.24, 2.45) is 16.9 Å². The van der Waals surface area contributed by atoms with Gasteiger partial charge in [0.2, 0.25) is 0 Å². The fraction of sp³-hybridized carbons (Fsp3) is 0.409. The van der Waals surface area contributed by atoms with Gasteiger partial charge in [-0.05, 0) is 48.6 Å². The molecule has 0 atom stereocenters. The molecule has 25 heavy (non-hydrogen) atoms. The monoisotopic (exact) mass is 336 g/mol. The topological polar surface area (TPSA) is 33.6 Å². The molecule has 1 aliphatic carbocycles. The van der Waals surface area contributed by atoms with Crippen LogP contribution in [0.1, 0.15) is 36.8 Å². The predicted molar refractivity (Wildman–Crippen MR) is 104 cm³/mol. The van der Waals surface area contributed by atoms with Gasteiger partial charge in [0, 0.05) is 13.2 Å². The van der Waals surface area contributed by atoms with E-state index >= 15 is 0 Å². The summed E-state index contributed by atoms with van der Waals surface area (Å²) in [5, 5.41) is 4.34. The molecule has 1 aliphatic rings. The van der Waals surface area contributed by atoms with Crippen molar-refractivity contribution >= 4 is 6.21 Å². The third-order valence-electron chi connectivity index (χ3n) is 4.92. The average Bonchev–Trinajstić information content (AvgIpc) is 2.68. The number of nitrogens with zero attached hydrogens (tertiary/aromatic N) is 1. The Morgan fingerprint density at radius 2 is 1.52 bits per heavy atom. The molecule has 0 amide bonds. The molecule has 1 N–H and O–H groups in total. The van der Waals surface area contributed by atoms with Gasteiger partial charge in [-0.1, -0.05) is 60.7 Å². The van der Waals surface area contributed by atoms with Gasteiger partial charge in [-0.2, -0.15) is 5.10 Å². The van der Waals surface area contributed by atoms with Gasteiger partial charge in [-0.15, -0.1) is 0 Å².